The van der Waals surface area contributed by atoms with E-state index in [1.807, 2.05) is 6.07 Å². The highest BCUT2D eigenvalue weighted by Crippen LogP contribution is 2.22. The van der Waals surface area contributed by atoms with Crippen LogP contribution in [-0.2, 0) is 11.3 Å². The lowest BCUT2D eigenvalue weighted by molar-refractivity contribution is -0.125. The Bertz CT molecular complexity index is 507. The van der Waals surface area contributed by atoms with E-state index in [0.29, 0.717) is 0 Å². The maximum Gasteiger partial charge on any atom is 0.222 e. The Hall–Kier alpha value is -1.35. The van der Waals surface area contributed by atoms with Crippen LogP contribution in [0.25, 0.3) is 0 Å². The second kappa shape index (κ2) is 7.44. The van der Waals surface area contributed by atoms with Crippen LogP contribution >= 0.6 is 11.3 Å². The molecule has 108 valence electrons. The van der Waals surface area contributed by atoms with Gasteiger partial charge < -0.3 is 10.4 Å². The van der Waals surface area contributed by atoms with Gasteiger partial charge in [0.2, 0.25) is 5.91 Å². The standard InChI is InChI=1S/C15H20N2O2S/c1-16-15(19)12-6-8-17(9-7-12)11-14-5-4-13(20-14)3-2-10-18/h4-5,12,18H,6-11H2,1H3,(H,16,19). The van der Waals surface area contributed by atoms with Crippen LogP contribution in [0.2, 0.25) is 0 Å². The third-order valence-electron chi connectivity index (χ3n) is 3.54. The summed E-state index contributed by atoms with van der Waals surface area (Å²) in [6.07, 6.45) is 1.87. The molecule has 20 heavy (non-hydrogen) atoms. The zero-order valence-corrected chi connectivity index (χ0v) is 12.5. The Morgan fingerprint density at radius 3 is 2.90 bits per heavy atom. The molecule has 0 radical (unpaired) electrons. The summed E-state index contributed by atoms with van der Waals surface area (Å²) in [5, 5.41) is 11.4. The van der Waals surface area contributed by atoms with Crippen molar-refractivity contribution in [2.24, 2.45) is 5.92 Å². The second-order valence-electron chi connectivity index (χ2n) is 4.89. The normalized spacial score (nSPS) is 16.5. The van der Waals surface area contributed by atoms with Crippen molar-refractivity contribution in [1.82, 2.24) is 10.2 Å². The van der Waals surface area contributed by atoms with Crippen molar-refractivity contribution >= 4 is 17.2 Å². The van der Waals surface area contributed by atoms with E-state index in [2.05, 4.69) is 28.1 Å². The monoisotopic (exact) mass is 292 g/mol. The van der Waals surface area contributed by atoms with Crippen molar-refractivity contribution in [3.8, 4) is 11.8 Å². The van der Waals surface area contributed by atoms with Crippen LogP contribution in [0.5, 0.6) is 0 Å². The minimum Gasteiger partial charge on any atom is -0.384 e. The van der Waals surface area contributed by atoms with Gasteiger partial charge in [-0.1, -0.05) is 11.8 Å². The Labute approximate surface area is 123 Å². The summed E-state index contributed by atoms with van der Waals surface area (Å²) in [5.74, 6) is 5.93. The number of amides is 1. The quantitative estimate of drug-likeness (QED) is 0.819. The molecule has 0 bridgehead atoms. The van der Waals surface area contributed by atoms with Crippen molar-refractivity contribution in [3.05, 3.63) is 21.9 Å². The number of piperidine rings is 1. The molecular formula is C15H20N2O2S. The highest BCUT2D eigenvalue weighted by Gasteiger charge is 2.24. The van der Waals surface area contributed by atoms with Gasteiger partial charge in [0.25, 0.3) is 0 Å². The SMILES string of the molecule is CNC(=O)C1CCN(Cc2ccc(C#CCO)s2)CC1. The molecule has 1 amide bonds. The molecule has 0 saturated carbocycles. The largest absolute Gasteiger partial charge is 0.384 e. The lowest BCUT2D eigenvalue weighted by Crippen LogP contribution is -2.39. The van der Waals surface area contributed by atoms with Crippen LogP contribution in [-0.4, -0.2) is 42.7 Å². The molecule has 1 fully saturated rings. The second-order valence-corrected chi connectivity index (χ2v) is 6.06. The minimum atomic E-state index is -0.0970. The molecule has 2 heterocycles. The number of likely N-dealkylation sites (tertiary alicyclic amines) is 1. The van der Waals surface area contributed by atoms with Gasteiger partial charge in [-0.2, -0.15) is 0 Å². The molecule has 0 unspecified atom stereocenters. The summed E-state index contributed by atoms with van der Waals surface area (Å²) < 4.78 is 0. The van der Waals surface area contributed by atoms with Crippen molar-refractivity contribution in [2.75, 3.05) is 26.7 Å². The smallest absolute Gasteiger partial charge is 0.222 e. The van der Waals surface area contributed by atoms with Gasteiger partial charge >= 0.3 is 0 Å². The summed E-state index contributed by atoms with van der Waals surface area (Å²) in [7, 11) is 1.70. The molecule has 0 atom stereocenters. The zero-order chi connectivity index (χ0) is 14.4. The van der Waals surface area contributed by atoms with Crippen LogP contribution in [0.15, 0.2) is 12.1 Å². The predicted octanol–water partition coefficient (Wildman–Crippen LogP) is 1.05. The molecule has 0 aromatic carbocycles. The fraction of sp³-hybridized carbons (Fsp3) is 0.533. The maximum absolute atomic E-state index is 11.6. The van der Waals surface area contributed by atoms with E-state index in [1.165, 1.54) is 4.88 Å². The molecule has 2 rings (SSSR count). The van der Waals surface area contributed by atoms with Gasteiger partial charge in [-0.15, -0.1) is 11.3 Å². The summed E-state index contributed by atoms with van der Waals surface area (Å²) in [6, 6.07) is 4.09. The fourth-order valence-electron chi connectivity index (χ4n) is 2.43. The highest BCUT2D eigenvalue weighted by atomic mass is 32.1. The molecule has 2 N–H and O–H groups in total. The fourth-order valence-corrected chi connectivity index (χ4v) is 3.36. The van der Waals surface area contributed by atoms with Crippen LogP contribution in [0, 0.1) is 17.8 Å². The lowest BCUT2D eigenvalue weighted by Gasteiger charge is -2.30. The first kappa shape index (κ1) is 15.0. The highest BCUT2D eigenvalue weighted by molar-refractivity contribution is 7.12. The summed E-state index contributed by atoms with van der Waals surface area (Å²) in [5.41, 5.74) is 0. The van der Waals surface area contributed by atoms with Gasteiger partial charge in [0, 0.05) is 24.4 Å². The number of carbonyl (C=O) groups excluding carboxylic acids is 1. The summed E-state index contributed by atoms with van der Waals surface area (Å²) in [4.78, 5) is 16.2. The summed E-state index contributed by atoms with van der Waals surface area (Å²) in [6.45, 7) is 2.76. The van der Waals surface area contributed by atoms with Gasteiger partial charge in [0.1, 0.15) is 6.61 Å². The number of hydrogen-bond donors (Lipinski definition) is 2. The number of rotatable bonds is 3. The molecule has 1 aromatic rings. The third kappa shape index (κ3) is 4.07. The first-order valence-corrected chi connectivity index (χ1v) is 7.67. The Kier molecular flexibility index (Phi) is 5.60. The van der Waals surface area contributed by atoms with E-state index in [4.69, 9.17) is 5.11 Å². The minimum absolute atomic E-state index is 0.0970. The van der Waals surface area contributed by atoms with Crippen LogP contribution < -0.4 is 5.32 Å². The number of nitrogens with zero attached hydrogens (tertiary/aromatic N) is 1. The van der Waals surface area contributed by atoms with E-state index in [1.54, 1.807) is 18.4 Å². The van der Waals surface area contributed by atoms with E-state index in [9.17, 15) is 4.79 Å². The van der Waals surface area contributed by atoms with E-state index < -0.39 is 0 Å². The molecule has 1 aromatic heterocycles. The van der Waals surface area contributed by atoms with Crippen LogP contribution in [0.3, 0.4) is 0 Å². The first-order chi connectivity index (χ1) is 9.72. The Morgan fingerprint density at radius 2 is 2.25 bits per heavy atom. The van der Waals surface area contributed by atoms with Crippen molar-refractivity contribution in [1.29, 1.82) is 0 Å². The topological polar surface area (TPSA) is 52.6 Å². The van der Waals surface area contributed by atoms with Crippen molar-refractivity contribution in [2.45, 2.75) is 19.4 Å². The number of hydrogen-bond acceptors (Lipinski definition) is 4. The number of nitrogens with one attached hydrogen (secondary N) is 1. The number of carbonyl (C=O) groups is 1. The van der Waals surface area contributed by atoms with Gasteiger partial charge in [-0.25, -0.2) is 0 Å². The van der Waals surface area contributed by atoms with Gasteiger partial charge in [-0.3, -0.25) is 9.69 Å². The predicted molar refractivity (Wildman–Crippen MR) is 80.4 cm³/mol. The number of thiophene rings is 1. The summed E-state index contributed by atoms with van der Waals surface area (Å²) >= 11 is 1.67. The van der Waals surface area contributed by atoms with Crippen LogP contribution in [0.4, 0.5) is 0 Å². The van der Waals surface area contributed by atoms with E-state index in [-0.39, 0.29) is 18.4 Å². The van der Waals surface area contributed by atoms with Crippen molar-refractivity contribution in [3.63, 3.8) is 0 Å². The zero-order valence-electron chi connectivity index (χ0n) is 11.7. The number of aliphatic hydroxyl groups excluding tert-OH is 1. The van der Waals surface area contributed by atoms with Gasteiger partial charge in [0.05, 0.1) is 4.88 Å². The first-order valence-electron chi connectivity index (χ1n) is 6.85. The van der Waals surface area contributed by atoms with Crippen LogP contribution in [0.1, 0.15) is 22.6 Å². The van der Waals surface area contributed by atoms with Crippen molar-refractivity contribution < 1.29 is 9.90 Å². The Morgan fingerprint density at radius 1 is 1.50 bits per heavy atom. The molecule has 5 heteroatoms. The van der Waals surface area contributed by atoms with E-state index >= 15 is 0 Å². The molecule has 1 saturated heterocycles. The molecule has 0 spiro atoms. The molecular weight excluding hydrogens is 272 g/mol. The molecule has 4 nitrogen and oxygen atoms in total. The van der Waals surface area contributed by atoms with Gasteiger partial charge in [-0.05, 0) is 38.1 Å². The average molecular weight is 292 g/mol. The average Bonchev–Trinajstić information content (AvgIpc) is 2.92. The molecule has 1 aliphatic rings. The van der Waals surface area contributed by atoms with Gasteiger partial charge in [0.15, 0.2) is 0 Å². The Balaban J connectivity index is 1.83. The third-order valence-corrected chi connectivity index (χ3v) is 4.52. The number of aliphatic hydroxyl groups is 1. The van der Waals surface area contributed by atoms with E-state index in [0.717, 1.165) is 37.4 Å². The maximum atomic E-state index is 11.6. The molecule has 1 aliphatic heterocycles. The lowest BCUT2D eigenvalue weighted by atomic mass is 9.96. The molecule has 0 aliphatic carbocycles.